The van der Waals surface area contributed by atoms with E-state index in [2.05, 4.69) is 35.3 Å². The van der Waals surface area contributed by atoms with Crippen LogP contribution in [0.3, 0.4) is 0 Å². The molecule has 0 unspecified atom stereocenters. The number of hydrogen-bond donors (Lipinski definition) is 3. The molecule has 0 aliphatic carbocycles. The molecule has 0 aliphatic rings. The third-order valence-electron chi connectivity index (χ3n) is 3.84. The first-order valence-corrected chi connectivity index (χ1v) is 9.54. The number of fused-ring (bicyclic) bond motifs is 1. The summed E-state index contributed by atoms with van der Waals surface area (Å²) in [6.45, 7) is 0.394. The van der Waals surface area contributed by atoms with E-state index in [4.69, 9.17) is 14.8 Å². The summed E-state index contributed by atoms with van der Waals surface area (Å²) in [4.78, 5) is 8.60. The summed E-state index contributed by atoms with van der Waals surface area (Å²) >= 11 is 0. The molecule has 3 aromatic heterocycles. The van der Waals surface area contributed by atoms with Crippen molar-refractivity contribution < 1.29 is 22.0 Å². The largest absolute Gasteiger partial charge is 0.440 e. The second-order valence-corrected chi connectivity index (χ2v) is 7.10. The molecular formula is C16H13N7O5S. The highest BCUT2D eigenvalue weighted by molar-refractivity contribution is 7.85. The van der Waals surface area contributed by atoms with Crippen molar-refractivity contribution in [3.63, 3.8) is 0 Å². The van der Waals surface area contributed by atoms with Crippen LogP contribution < -0.4 is 11.2 Å². The Morgan fingerprint density at radius 1 is 1.10 bits per heavy atom. The fourth-order valence-corrected chi connectivity index (χ4v) is 2.97. The van der Waals surface area contributed by atoms with Crippen LogP contribution >= 0.6 is 0 Å². The van der Waals surface area contributed by atoms with Crippen molar-refractivity contribution in [1.29, 1.82) is 0 Å². The van der Waals surface area contributed by atoms with Gasteiger partial charge in [0, 0.05) is 6.54 Å². The van der Waals surface area contributed by atoms with Gasteiger partial charge in [0.15, 0.2) is 17.3 Å². The van der Waals surface area contributed by atoms with Crippen LogP contribution in [0.1, 0.15) is 17.0 Å². The SMILES string of the molecule is N/N=C(\c1ccc(S(=O)(=O)O)o1)c1nc2nonc2nc1NCc1ccccc1. The summed E-state index contributed by atoms with van der Waals surface area (Å²) in [5, 5.41) is 13.4. The molecule has 0 aliphatic heterocycles. The molecule has 0 radical (unpaired) electrons. The van der Waals surface area contributed by atoms with Gasteiger partial charge < -0.3 is 15.6 Å². The van der Waals surface area contributed by atoms with E-state index in [1.54, 1.807) is 0 Å². The highest BCUT2D eigenvalue weighted by atomic mass is 32.2. The molecular weight excluding hydrogens is 402 g/mol. The lowest BCUT2D eigenvalue weighted by Crippen LogP contribution is -2.14. The van der Waals surface area contributed by atoms with Crippen molar-refractivity contribution in [2.24, 2.45) is 10.9 Å². The van der Waals surface area contributed by atoms with Crippen molar-refractivity contribution >= 4 is 32.9 Å². The lowest BCUT2D eigenvalue weighted by atomic mass is 10.2. The Labute approximate surface area is 163 Å². The summed E-state index contributed by atoms with van der Waals surface area (Å²) in [6, 6.07) is 11.9. The fourth-order valence-electron chi connectivity index (χ4n) is 2.54. The lowest BCUT2D eigenvalue weighted by Gasteiger charge is -2.10. The van der Waals surface area contributed by atoms with Gasteiger partial charge in [-0.15, -0.1) is 0 Å². The maximum absolute atomic E-state index is 11.3. The number of rotatable bonds is 6. The molecule has 148 valence electrons. The van der Waals surface area contributed by atoms with Gasteiger partial charge in [0.25, 0.3) is 0 Å². The summed E-state index contributed by atoms with van der Waals surface area (Å²) < 4.78 is 41.5. The van der Waals surface area contributed by atoms with Crippen LogP contribution in [0.15, 0.2) is 61.7 Å². The van der Waals surface area contributed by atoms with E-state index in [0.29, 0.717) is 6.54 Å². The normalized spacial score (nSPS) is 12.4. The molecule has 29 heavy (non-hydrogen) atoms. The molecule has 0 saturated carbocycles. The molecule has 0 bridgehead atoms. The molecule has 12 nitrogen and oxygen atoms in total. The van der Waals surface area contributed by atoms with Gasteiger partial charge in [-0.2, -0.15) is 13.5 Å². The molecule has 0 fully saturated rings. The number of hydrazone groups is 1. The summed E-state index contributed by atoms with van der Waals surface area (Å²) in [5.74, 6) is 5.71. The number of hydrogen-bond acceptors (Lipinski definition) is 11. The number of furan rings is 1. The van der Waals surface area contributed by atoms with E-state index in [9.17, 15) is 8.42 Å². The lowest BCUT2D eigenvalue weighted by molar-refractivity contribution is 0.314. The predicted molar refractivity (Wildman–Crippen MR) is 99.5 cm³/mol. The van der Waals surface area contributed by atoms with Crippen LogP contribution in [-0.2, 0) is 16.7 Å². The highest BCUT2D eigenvalue weighted by Crippen LogP contribution is 2.22. The summed E-state index contributed by atoms with van der Waals surface area (Å²) in [7, 11) is -4.54. The molecule has 1 aromatic carbocycles. The summed E-state index contributed by atoms with van der Waals surface area (Å²) in [5.41, 5.74) is 1.32. The molecule has 0 spiro atoms. The van der Waals surface area contributed by atoms with Crippen LogP contribution in [0.5, 0.6) is 0 Å². The second kappa shape index (κ2) is 7.29. The minimum Gasteiger partial charge on any atom is -0.440 e. The topological polar surface area (TPSA) is 183 Å². The predicted octanol–water partition coefficient (Wildman–Crippen LogP) is 1.18. The third-order valence-corrected chi connectivity index (χ3v) is 4.57. The number of anilines is 1. The monoisotopic (exact) mass is 415 g/mol. The van der Waals surface area contributed by atoms with E-state index in [1.165, 1.54) is 6.07 Å². The van der Waals surface area contributed by atoms with Crippen molar-refractivity contribution in [2.75, 3.05) is 5.32 Å². The average Bonchev–Trinajstić information content (AvgIpc) is 3.37. The van der Waals surface area contributed by atoms with Crippen LogP contribution in [0.4, 0.5) is 5.82 Å². The van der Waals surface area contributed by atoms with Crippen molar-refractivity contribution in [1.82, 2.24) is 20.3 Å². The highest BCUT2D eigenvalue weighted by Gasteiger charge is 2.24. The van der Waals surface area contributed by atoms with Crippen LogP contribution in [-0.4, -0.2) is 39.0 Å². The van der Waals surface area contributed by atoms with E-state index >= 15 is 0 Å². The van der Waals surface area contributed by atoms with Crippen LogP contribution in [0.2, 0.25) is 0 Å². The Kier molecular flexibility index (Phi) is 4.66. The Hall–Kier alpha value is -3.84. The van der Waals surface area contributed by atoms with E-state index in [-0.39, 0.29) is 34.3 Å². The van der Waals surface area contributed by atoms with Crippen molar-refractivity contribution in [3.05, 3.63) is 59.5 Å². The van der Waals surface area contributed by atoms with E-state index in [0.717, 1.165) is 11.6 Å². The van der Waals surface area contributed by atoms with E-state index < -0.39 is 15.2 Å². The molecule has 0 amide bonds. The minimum atomic E-state index is -4.54. The minimum absolute atomic E-state index is 0.0205. The molecule has 4 rings (SSSR count). The summed E-state index contributed by atoms with van der Waals surface area (Å²) in [6.07, 6.45) is 0. The zero-order valence-corrected chi connectivity index (χ0v) is 15.4. The molecule has 3 heterocycles. The zero-order chi connectivity index (χ0) is 20.4. The Bertz CT molecular complexity index is 1300. The molecule has 13 heteroatoms. The quantitative estimate of drug-likeness (QED) is 0.178. The third kappa shape index (κ3) is 3.76. The Balaban J connectivity index is 1.77. The molecule has 0 saturated heterocycles. The van der Waals surface area contributed by atoms with Gasteiger partial charge >= 0.3 is 10.1 Å². The van der Waals surface area contributed by atoms with Gasteiger partial charge in [0.1, 0.15) is 5.69 Å². The maximum Gasteiger partial charge on any atom is 0.328 e. The van der Waals surface area contributed by atoms with Gasteiger partial charge in [-0.3, -0.25) is 4.55 Å². The number of nitrogens with one attached hydrogen (secondary N) is 1. The number of benzene rings is 1. The average molecular weight is 415 g/mol. The zero-order valence-electron chi connectivity index (χ0n) is 14.6. The first-order chi connectivity index (χ1) is 14.0. The molecule has 4 N–H and O–H groups in total. The first-order valence-electron chi connectivity index (χ1n) is 8.10. The van der Waals surface area contributed by atoms with Crippen molar-refractivity contribution in [2.45, 2.75) is 11.6 Å². The van der Waals surface area contributed by atoms with Gasteiger partial charge in [-0.1, -0.05) is 30.3 Å². The first kappa shape index (κ1) is 18.5. The smallest absolute Gasteiger partial charge is 0.328 e. The molecule has 0 atom stereocenters. The number of nitrogens with two attached hydrogens (primary N) is 1. The Morgan fingerprint density at radius 2 is 1.83 bits per heavy atom. The van der Waals surface area contributed by atoms with Crippen LogP contribution in [0.25, 0.3) is 11.3 Å². The molecule has 4 aromatic rings. The van der Waals surface area contributed by atoms with E-state index in [1.807, 2.05) is 30.3 Å². The van der Waals surface area contributed by atoms with Crippen molar-refractivity contribution in [3.8, 4) is 0 Å². The fraction of sp³-hybridized carbons (Fsp3) is 0.0625. The Morgan fingerprint density at radius 3 is 2.48 bits per heavy atom. The maximum atomic E-state index is 11.3. The van der Waals surface area contributed by atoms with Gasteiger partial charge in [-0.25, -0.2) is 14.6 Å². The number of nitrogens with zero attached hydrogens (tertiary/aromatic N) is 5. The number of aromatic nitrogens is 4. The van der Waals surface area contributed by atoms with Gasteiger partial charge in [0.05, 0.1) is 0 Å². The standard InChI is InChI=1S/C16H13N7O5S/c17-21-12(10-6-7-11(27-10)29(24,25)26)13-14(18-8-9-4-2-1-3-5-9)20-16-15(19-13)22-28-23-16/h1-7H,8,17H2,(H,18,20,23)(H,24,25,26)/b21-12+. The van der Waals surface area contributed by atoms with Crippen LogP contribution in [0, 0.1) is 0 Å². The second-order valence-electron chi connectivity index (χ2n) is 5.74. The van der Waals surface area contributed by atoms with Gasteiger partial charge in [0.2, 0.25) is 16.4 Å². The van der Waals surface area contributed by atoms with Gasteiger partial charge in [-0.05, 0) is 28.0 Å².